The molecule has 0 bridgehead atoms. The van der Waals surface area contributed by atoms with Gasteiger partial charge in [-0.2, -0.15) is 0 Å². The molecule has 1 N–H and O–H groups in total. The molecule has 0 amide bonds. The van der Waals surface area contributed by atoms with Crippen molar-refractivity contribution in [1.82, 2.24) is 0 Å². The molecule has 170 valence electrons. The third kappa shape index (κ3) is 4.10. The van der Waals surface area contributed by atoms with Gasteiger partial charge in [0.1, 0.15) is 24.4 Å². The fourth-order valence-corrected chi connectivity index (χ4v) is 16.3. The van der Waals surface area contributed by atoms with E-state index in [-0.39, 0.29) is 17.2 Å². The number of hydrogen-bond donors (Lipinski definition) is 1. The van der Waals surface area contributed by atoms with E-state index < -0.39 is 35.4 Å². The van der Waals surface area contributed by atoms with Gasteiger partial charge in [0, 0.05) is 0 Å². The minimum absolute atomic E-state index is 0.229. The predicted octanol–water partition coefficient (Wildman–Crippen LogP) is 5.44. The number of hydrogen-bond acceptors (Lipinski definition) is 5. The van der Waals surface area contributed by atoms with Gasteiger partial charge in [0.15, 0.2) is 0 Å². The van der Waals surface area contributed by atoms with Crippen LogP contribution in [0.3, 0.4) is 0 Å². The lowest BCUT2D eigenvalue weighted by molar-refractivity contribution is -0.0391. The molecule has 1 aromatic carbocycles. The maximum Gasteiger partial charge on any atom is 0.335 e. The highest BCUT2D eigenvalue weighted by Gasteiger charge is 2.61. The number of ether oxygens (including phenoxy) is 1. The highest BCUT2D eigenvalue weighted by atomic mass is 28.5. The molecule has 4 atom stereocenters. The Bertz CT molecular complexity index is 678. The summed E-state index contributed by atoms with van der Waals surface area (Å²) in [4.78, 5) is 0. The molecule has 0 saturated carbocycles. The molecule has 2 saturated heterocycles. The molecule has 5 nitrogen and oxygen atoms in total. The highest BCUT2D eigenvalue weighted by Crippen LogP contribution is 2.48. The van der Waals surface area contributed by atoms with Crippen LogP contribution in [0.5, 0.6) is 0 Å². The second-order valence-corrected chi connectivity index (χ2v) is 18.9. The summed E-state index contributed by atoms with van der Waals surface area (Å²) in [5, 5.41) is 11.3. The van der Waals surface area contributed by atoms with Crippen LogP contribution < -0.4 is 0 Å². The average molecular weight is 453 g/mol. The van der Waals surface area contributed by atoms with Crippen LogP contribution in [0.4, 0.5) is 0 Å². The molecule has 0 radical (unpaired) electrons. The molecule has 0 unspecified atom stereocenters. The third-order valence-corrected chi connectivity index (χ3v) is 17.0. The van der Waals surface area contributed by atoms with Crippen molar-refractivity contribution < 1.29 is 22.8 Å². The van der Waals surface area contributed by atoms with Crippen LogP contribution >= 0.6 is 0 Å². The number of rotatable bonds is 5. The monoisotopic (exact) mass is 452 g/mol. The lowest BCUT2D eigenvalue weighted by atomic mass is 10.0. The van der Waals surface area contributed by atoms with E-state index in [1.54, 1.807) is 0 Å². The smallest absolute Gasteiger partial charge is 0.335 e. The summed E-state index contributed by atoms with van der Waals surface area (Å²) in [6.45, 7) is 18.0. The molecule has 2 aliphatic rings. The number of aliphatic hydroxyl groups is 1. The van der Waals surface area contributed by atoms with Gasteiger partial charge in [-0.1, -0.05) is 85.7 Å². The topological polar surface area (TPSA) is 57.2 Å². The predicted molar refractivity (Wildman–Crippen MR) is 124 cm³/mol. The van der Waals surface area contributed by atoms with E-state index in [0.717, 1.165) is 5.56 Å². The molecule has 0 spiro atoms. The Balaban J connectivity index is 2.04. The molecular formula is C23H40O5Si2. The first-order valence-electron chi connectivity index (χ1n) is 11.5. The van der Waals surface area contributed by atoms with E-state index in [1.165, 1.54) is 0 Å². The van der Waals surface area contributed by atoms with Crippen LogP contribution in [0.25, 0.3) is 0 Å². The van der Waals surface area contributed by atoms with E-state index in [4.69, 9.17) is 17.7 Å². The van der Waals surface area contributed by atoms with Gasteiger partial charge >= 0.3 is 17.1 Å². The molecule has 7 heteroatoms. The molecular weight excluding hydrogens is 412 g/mol. The first-order chi connectivity index (χ1) is 14.0. The lowest BCUT2D eigenvalue weighted by Gasteiger charge is -2.51. The third-order valence-electron chi connectivity index (χ3n) is 6.79. The zero-order valence-corrected chi connectivity index (χ0v) is 21.8. The molecule has 30 heavy (non-hydrogen) atoms. The van der Waals surface area contributed by atoms with Gasteiger partial charge in [-0.15, -0.1) is 0 Å². The molecule has 3 rings (SSSR count). The zero-order chi connectivity index (χ0) is 22.3. The largest absolute Gasteiger partial charge is 0.414 e. The molecule has 2 aliphatic heterocycles. The van der Waals surface area contributed by atoms with Crippen molar-refractivity contribution in [2.75, 3.05) is 6.61 Å². The summed E-state index contributed by atoms with van der Waals surface area (Å²) in [6.07, 6.45) is -1.91. The minimum Gasteiger partial charge on any atom is -0.414 e. The SMILES string of the molecule is CC(C)[Si]1(C(C)C)OC[C@H]2O[C@@H](c3ccccc3)[C@H](O)[C@@H]2O[Si](C(C)C)(C(C)C)O1. The molecule has 2 fully saturated rings. The van der Waals surface area contributed by atoms with Crippen molar-refractivity contribution in [3.8, 4) is 0 Å². The van der Waals surface area contributed by atoms with Crippen LogP contribution in [0.2, 0.25) is 22.2 Å². The Kier molecular flexibility index (Phi) is 7.34. The summed E-state index contributed by atoms with van der Waals surface area (Å²) in [5.74, 6) is 0. The van der Waals surface area contributed by atoms with Crippen molar-refractivity contribution in [3.63, 3.8) is 0 Å². The average Bonchev–Trinajstić information content (AvgIpc) is 2.96. The molecule has 0 aromatic heterocycles. The van der Waals surface area contributed by atoms with E-state index in [9.17, 15) is 5.11 Å². The Morgan fingerprint density at radius 2 is 1.37 bits per heavy atom. The maximum absolute atomic E-state index is 11.3. The second-order valence-electron chi connectivity index (χ2n) is 10.1. The fraction of sp³-hybridized carbons (Fsp3) is 0.739. The Morgan fingerprint density at radius 3 is 1.87 bits per heavy atom. The second kappa shape index (κ2) is 9.13. The van der Waals surface area contributed by atoms with Crippen molar-refractivity contribution >= 4 is 17.1 Å². The van der Waals surface area contributed by atoms with Crippen LogP contribution in [-0.4, -0.2) is 47.1 Å². The van der Waals surface area contributed by atoms with Crippen molar-refractivity contribution in [2.24, 2.45) is 0 Å². The highest BCUT2D eigenvalue weighted by molar-refractivity contribution is 6.83. The minimum atomic E-state index is -2.74. The first-order valence-corrected chi connectivity index (χ1v) is 15.4. The maximum atomic E-state index is 11.3. The van der Waals surface area contributed by atoms with Gasteiger partial charge < -0.3 is 22.8 Å². The van der Waals surface area contributed by atoms with E-state index >= 15 is 0 Å². The Hall–Kier alpha value is -0.546. The number of aliphatic hydroxyl groups excluding tert-OH is 1. The van der Waals surface area contributed by atoms with Gasteiger partial charge in [0.2, 0.25) is 0 Å². The lowest BCUT2D eigenvalue weighted by Crippen LogP contribution is -2.65. The molecule has 1 aromatic rings. The van der Waals surface area contributed by atoms with Crippen LogP contribution in [0, 0.1) is 0 Å². The van der Waals surface area contributed by atoms with E-state index in [0.29, 0.717) is 17.7 Å². The van der Waals surface area contributed by atoms with Gasteiger partial charge in [-0.3, -0.25) is 0 Å². The number of fused-ring (bicyclic) bond motifs is 1. The van der Waals surface area contributed by atoms with Gasteiger partial charge in [-0.05, 0) is 27.7 Å². The van der Waals surface area contributed by atoms with Crippen LogP contribution in [-0.2, 0) is 17.7 Å². The fourth-order valence-electron chi connectivity index (χ4n) is 5.07. The van der Waals surface area contributed by atoms with Gasteiger partial charge in [0.25, 0.3) is 0 Å². The van der Waals surface area contributed by atoms with Crippen LogP contribution in [0.1, 0.15) is 67.1 Å². The Labute approximate surface area is 184 Å². The molecule has 0 aliphatic carbocycles. The summed E-state index contributed by atoms with van der Waals surface area (Å²) < 4.78 is 27.2. The summed E-state index contributed by atoms with van der Waals surface area (Å²) in [7, 11) is -5.33. The zero-order valence-electron chi connectivity index (χ0n) is 19.8. The van der Waals surface area contributed by atoms with Crippen molar-refractivity contribution in [2.45, 2.75) is 102 Å². The summed E-state index contributed by atoms with van der Waals surface area (Å²) in [6, 6.07) is 9.93. The molecule has 2 heterocycles. The number of benzene rings is 1. The van der Waals surface area contributed by atoms with Gasteiger partial charge in [0.05, 0.1) is 6.61 Å². The summed E-state index contributed by atoms with van der Waals surface area (Å²) in [5.41, 5.74) is 2.01. The van der Waals surface area contributed by atoms with Crippen molar-refractivity contribution in [3.05, 3.63) is 35.9 Å². The van der Waals surface area contributed by atoms with Crippen LogP contribution in [0.15, 0.2) is 30.3 Å². The van der Waals surface area contributed by atoms with E-state index in [2.05, 4.69) is 55.4 Å². The summed E-state index contributed by atoms with van der Waals surface area (Å²) >= 11 is 0. The van der Waals surface area contributed by atoms with Crippen molar-refractivity contribution in [1.29, 1.82) is 0 Å². The first kappa shape index (κ1) is 24.1. The standard InChI is InChI=1S/C23H40O5Si2/c1-15(2)29(16(3)4)25-14-20-23(27-30(28-29,17(5)6)18(7)8)21(24)22(26-20)19-12-10-9-11-13-19/h9-13,15-18,20-24H,14H2,1-8H3/t20-,21+,22+,23-/m1/s1. The van der Waals surface area contributed by atoms with Gasteiger partial charge in [-0.25, -0.2) is 0 Å². The Morgan fingerprint density at radius 1 is 0.833 bits per heavy atom. The van der Waals surface area contributed by atoms with E-state index in [1.807, 2.05) is 30.3 Å². The quantitative estimate of drug-likeness (QED) is 0.603. The normalized spacial score (nSPS) is 31.2.